The topological polar surface area (TPSA) is 82.0 Å². The maximum Gasteiger partial charge on any atom is 0.326 e. The first kappa shape index (κ1) is 19.0. The molecule has 1 aromatic rings. The Labute approximate surface area is 148 Å². The molecule has 6 heteroatoms. The van der Waals surface area contributed by atoms with Crippen LogP contribution < -0.4 is 10.3 Å². The molecule has 1 heterocycles. The number of carboxylic acid groups (broad SMARTS) is 1. The van der Waals surface area contributed by atoms with E-state index < -0.39 is 12.0 Å². The molecule has 1 aliphatic rings. The summed E-state index contributed by atoms with van der Waals surface area (Å²) in [5, 5.41) is 18.3. The molecule has 136 valence electrons. The fourth-order valence-corrected chi connectivity index (χ4v) is 2.62. The van der Waals surface area contributed by atoms with E-state index in [1.165, 1.54) is 0 Å². The number of anilines is 1. The van der Waals surface area contributed by atoms with Crippen LogP contribution in [0.1, 0.15) is 57.3 Å². The molecule has 0 aromatic heterocycles. The zero-order chi connectivity index (χ0) is 18.6. The van der Waals surface area contributed by atoms with Crippen LogP contribution in [0.3, 0.4) is 0 Å². The number of carbonyl (C=O) groups excluding carboxylic acids is 1. The second-order valence-electron chi connectivity index (χ2n) is 7.72. The van der Waals surface area contributed by atoms with Gasteiger partial charge >= 0.3 is 5.97 Å². The molecule has 25 heavy (non-hydrogen) atoms. The number of carboxylic acids is 1. The van der Waals surface area contributed by atoms with Crippen molar-refractivity contribution in [3.63, 3.8) is 0 Å². The van der Waals surface area contributed by atoms with Crippen molar-refractivity contribution < 1.29 is 14.7 Å². The molecular formula is C19H27N3O3. The molecule has 0 fully saturated rings. The van der Waals surface area contributed by atoms with Gasteiger partial charge in [-0.3, -0.25) is 9.80 Å². The molecule has 6 nitrogen and oxygen atoms in total. The highest BCUT2D eigenvalue weighted by molar-refractivity contribution is 5.97. The fraction of sp³-hybridized carbons (Fsp3) is 0.526. The Balaban J connectivity index is 2.00. The minimum atomic E-state index is -1.00. The summed E-state index contributed by atoms with van der Waals surface area (Å²) < 4.78 is 0. The zero-order valence-corrected chi connectivity index (χ0v) is 15.4. The van der Waals surface area contributed by atoms with Gasteiger partial charge in [0.25, 0.3) is 5.91 Å². The zero-order valence-electron chi connectivity index (χ0n) is 15.4. The van der Waals surface area contributed by atoms with Gasteiger partial charge in [0.15, 0.2) is 0 Å². The highest BCUT2D eigenvalue weighted by Gasteiger charge is 2.23. The monoisotopic (exact) mass is 345 g/mol. The van der Waals surface area contributed by atoms with Crippen molar-refractivity contribution in [2.45, 2.75) is 53.0 Å². The Morgan fingerprint density at radius 1 is 1.28 bits per heavy atom. The SMILES string of the molecule is CC1=NN(c2ccc(C(=O)NC(CCC(C)(C)C)C(=O)O)cc2)CC1. The van der Waals surface area contributed by atoms with E-state index in [0.717, 1.165) is 30.8 Å². The van der Waals surface area contributed by atoms with Crippen LogP contribution in [0, 0.1) is 5.41 Å². The van der Waals surface area contributed by atoms with Gasteiger partial charge in [-0.25, -0.2) is 4.79 Å². The molecule has 2 rings (SSSR count). The fourth-order valence-electron chi connectivity index (χ4n) is 2.62. The van der Waals surface area contributed by atoms with Crippen LogP contribution in [0.2, 0.25) is 0 Å². The van der Waals surface area contributed by atoms with Crippen LogP contribution in [0.25, 0.3) is 0 Å². The van der Waals surface area contributed by atoms with Crippen LogP contribution in [0.15, 0.2) is 29.4 Å². The maximum atomic E-state index is 12.4. The van der Waals surface area contributed by atoms with Crippen molar-refractivity contribution >= 4 is 23.3 Å². The summed E-state index contributed by atoms with van der Waals surface area (Å²) in [6.45, 7) is 8.98. The number of benzene rings is 1. The van der Waals surface area contributed by atoms with E-state index in [2.05, 4.69) is 31.2 Å². The molecule has 1 unspecified atom stereocenters. The molecule has 0 bridgehead atoms. The number of nitrogens with zero attached hydrogens (tertiary/aromatic N) is 2. The minimum Gasteiger partial charge on any atom is -0.480 e. The molecule has 2 N–H and O–H groups in total. The number of hydrazone groups is 1. The van der Waals surface area contributed by atoms with Crippen molar-refractivity contribution in [2.24, 2.45) is 10.5 Å². The number of rotatable bonds is 6. The van der Waals surface area contributed by atoms with E-state index in [1.54, 1.807) is 12.1 Å². The molecule has 1 atom stereocenters. The van der Waals surface area contributed by atoms with Crippen molar-refractivity contribution in [1.82, 2.24) is 5.32 Å². The lowest BCUT2D eigenvalue weighted by molar-refractivity contribution is -0.139. The Morgan fingerprint density at radius 3 is 2.40 bits per heavy atom. The van der Waals surface area contributed by atoms with E-state index >= 15 is 0 Å². The number of nitrogens with one attached hydrogen (secondary N) is 1. The summed E-state index contributed by atoms with van der Waals surface area (Å²) in [6.07, 6.45) is 2.07. The van der Waals surface area contributed by atoms with Gasteiger partial charge in [0.2, 0.25) is 0 Å². The van der Waals surface area contributed by atoms with Crippen LogP contribution in [0.4, 0.5) is 5.69 Å². The van der Waals surface area contributed by atoms with E-state index in [1.807, 2.05) is 24.1 Å². The summed E-state index contributed by atoms with van der Waals surface area (Å²) in [6, 6.07) is 6.20. The number of aliphatic carboxylic acids is 1. The minimum absolute atomic E-state index is 0.0223. The second-order valence-corrected chi connectivity index (χ2v) is 7.72. The van der Waals surface area contributed by atoms with Crippen molar-refractivity contribution in [1.29, 1.82) is 0 Å². The Bertz CT molecular complexity index is 659. The lowest BCUT2D eigenvalue weighted by Gasteiger charge is -2.21. The van der Waals surface area contributed by atoms with Gasteiger partial charge in [0.05, 0.1) is 5.69 Å². The van der Waals surface area contributed by atoms with E-state index in [-0.39, 0.29) is 11.3 Å². The average molecular weight is 345 g/mol. The van der Waals surface area contributed by atoms with Crippen LogP contribution in [0.5, 0.6) is 0 Å². The van der Waals surface area contributed by atoms with Gasteiger partial charge in [0.1, 0.15) is 6.04 Å². The summed E-state index contributed by atoms with van der Waals surface area (Å²) in [4.78, 5) is 23.8. The molecule has 0 saturated carbocycles. The first-order valence-corrected chi connectivity index (χ1v) is 8.61. The summed E-state index contributed by atoms with van der Waals surface area (Å²) in [7, 11) is 0. The van der Waals surface area contributed by atoms with Crippen LogP contribution in [-0.2, 0) is 4.79 Å². The van der Waals surface area contributed by atoms with Gasteiger partial charge in [-0.15, -0.1) is 0 Å². The molecule has 0 saturated heterocycles. The Kier molecular flexibility index (Phi) is 5.82. The third kappa shape index (κ3) is 5.59. The Hall–Kier alpha value is -2.37. The van der Waals surface area contributed by atoms with Crippen LogP contribution in [-0.4, -0.2) is 35.3 Å². The average Bonchev–Trinajstić information content (AvgIpc) is 2.96. The molecule has 1 aliphatic heterocycles. The normalized spacial score (nSPS) is 15.7. The Morgan fingerprint density at radius 2 is 1.92 bits per heavy atom. The highest BCUT2D eigenvalue weighted by Crippen LogP contribution is 2.22. The standard InChI is InChI=1S/C19H27N3O3/c1-13-10-12-22(21-13)15-7-5-14(6-8-15)17(23)20-16(18(24)25)9-11-19(2,3)4/h5-8,16H,9-12H2,1-4H3,(H,20,23)(H,24,25). The molecule has 0 radical (unpaired) electrons. The van der Waals surface area contributed by atoms with Crippen molar-refractivity contribution in [3.05, 3.63) is 29.8 Å². The second kappa shape index (κ2) is 7.68. The van der Waals surface area contributed by atoms with E-state index in [0.29, 0.717) is 12.0 Å². The lowest BCUT2D eigenvalue weighted by Crippen LogP contribution is -2.41. The van der Waals surface area contributed by atoms with Gasteiger partial charge in [-0.2, -0.15) is 5.10 Å². The maximum absolute atomic E-state index is 12.4. The largest absolute Gasteiger partial charge is 0.480 e. The first-order chi connectivity index (χ1) is 11.7. The highest BCUT2D eigenvalue weighted by atomic mass is 16.4. The quantitative estimate of drug-likeness (QED) is 0.829. The number of amides is 1. The molecule has 0 spiro atoms. The summed E-state index contributed by atoms with van der Waals surface area (Å²) >= 11 is 0. The van der Waals surface area contributed by atoms with Gasteiger partial charge in [0, 0.05) is 24.2 Å². The number of hydrogen-bond donors (Lipinski definition) is 2. The lowest BCUT2D eigenvalue weighted by atomic mass is 9.88. The molecule has 0 aliphatic carbocycles. The van der Waals surface area contributed by atoms with Crippen molar-refractivity contribution in [2.75, 3.05) is 11.6 Å². The van der Waals surface area contributed by atoms with Gasteiger partial charge in [-0.05, 0) is 49.4 Å². The summed E-state index contributed by atoms with van der Waals surface area (Å²) in [5.41, 5.74) is 2.49. The van der Waals surface area contributed by atoms with Gasteiger partial charge in [-0.1, -0.05) is 20.8 Å². The van der Waals surface area contributed by atoms with E-state index in [9.17, 15) is 14.7 Å². The third-order valence-corrected chi connectivity index (χ3v) is 4.19. The molecular weight excluding hydrogens is 318 g/mol. The predicted molar refractivity (Wildman–Crippen MR) is 99.1 cm³/mol. The van der Waals surface area contributed by atoms with E-state index in [4.69, 9.17) is 0 Å². The smallest absolute Gasteiger partial charge is 0.326 e. The van der Waals surface area contributed by atoms with Crippen molar-refractivity contribution in [3.8, 4) is 0 Å². The first-order valence-electron chi connectivity index (χ1n) is 8.61. The predicted octanol–water partition coefficient (Wildman–Crippen LogP) is 3.28. The van der Waals surface area contributed by atoms with Crippen LogP contribution >= 0.6 is 0 Å². The molecule has 1 amide bonds. The summed E-state index contributed by atoms with van der Waals surface area (Å²) in [5.74, 6) is -1.37. The third-order valence-electron chi connectivity index (χ3n) is 4.19. The number of hydrogen-bond acceptors (Lipinski definition) is 4. The van der Waals surface area contributed by atoms with Gasteiger partial charge < -0.3 is 10.4 Å². The number of carbonyl (C=O) groups is 2. The molecule has 1 aromatic carbocycles.